The lowest BCUT2D eigenvalue weighted by Gasteiger charge is -2.14. The summed E-state index contributed by atoms with van der Waals surface area (Å²) in [5.41, 5.74) is -0.576. The van der Waals surface area contributed by atoms with Crippen LogP contribution in [0.2, 0.25) is 5.02 Å². The van der Waals surface area contributed by atoms with Gasteiger partial charge in [-0.15, -0.1) is 11.6 Å². The monoisotopic (exact) mass is 322 g/mol. The number of alkyl halides is 4. The summed E-state index contributed by atoms with van der Waals surface area (Å²) in [5.74, 6) is -1.32. The van der Waals surface area contributed by atoms with E-state index >= 15 is 0 Å². The molecule has 0 saturated carbocycles. The molecule has 0 spiro atoms. The van der Waals surface area contributed by atoms with Crippen molar-refractivity contribution in [3.05, 3.63) is 70.0 Å². The summed E-state index contributed by atoms with van der Waals surface area (Å²) in [4.78, 5) is 0. The lowest BCUT2D eigenvalue weighted by molar-refractivity contribution is -0.140. The van der Waals surface area contributed by atoms with E-state index in [4.69, 9.17) is 23.2 Å². The van der Waals surface area contributed by atoms with Gasteiger partial charge in [-0.05, 0) is 35.4 Å². The molecule has 0 radical (unpaired) electrons. The molecule has 0 nitrogen and oxygen atoms in total. The number of benzene rings is 2. The van der Waals surface area contributed by atoms with Crippen LogP contribution in [0.5, 0.6) is 0 Å². The zero-order chi connectivity index (χ0) is 14.9. The Kier molecular flexibility index (Phi) is 4.25. The van der Waals surface area contributed by atoms with Gasteiger partial charge in [0.15, 0.2) is 0 Å². The van der Waals surface area contributed by atoms with Crippen molar-refractivity contribution in [2.75, 3.05) is 0 Å². The van der Waals surface area contributed by atoms with Gasteiger partial charge in [-0.3, -0.25) is 0 Å². The van der Waals surface area contributed by atoms with Gasteiger partial charge in [0.1, 0.15) is 5.82 Å². The second kappa shape index (κ2) is 5.62. The summed E-state index contributed by atoms with van der Waals surface area (Å²) >= 11 is 11.9. The van der Waals surface area contributed by atoms with E-state index in [0.717, 1.165) is 12.1 Å². The fraction of sp³-hybridized carbons (Fsp3) is 0.143. The molecule has 2 aromatic rings. The van der Waals surface area contributed by atoms with Crippen LogP contribution < -0.4 is 0 Å². The van der Waals surface area contributed by atoms with Gasteiger partial charge in [-0.2, -0.15) is 13.2 Å². The zero-order valence-corrected chi connectivity index (χ0v) is 11.4. The Morgan fingerprint density at radius 1 is 0.900 bits per heavy atom. The highest BCUT2D eigenvalue weighted by atomic mass is 35.5. The van der Waals surface area contributed by atoms with Crippen LogP contribution in [-0.2, 0) is 6.18 Å². The van der Waals surface area contributed by atoms with E-state index in [0.29, 0.717) is 10.6 Å². The Morgan fingerprint density at radius 3 is 2.00 bits per heavy atom. The summed E-state index contributed by atoms with van der Waals surface area (Å²) in [6.07, 6.45) is -4.75. The Hall–Kier alpha value is -1.26. The predicted octanol–water partition coefficient (Wildman–Crippen LogP) is 5.83. The first-order valence-corrected chi connectivity index (χ1v) is 6.36. The average Bonchev–Trinajstić information content (AvgIpc) is 2.38. The molecular weight excluding hydrogens is 315 g/mol. The highest BCUT2D eigenvalue weighted by molar-refractivity contribution is 6.30. The van der Waals surface area contributed by atoms with E-state index in [1.807, 2.05) is 0 Å². The molecule has 6 heteroatoms. The maximum Gasteiger partial charge on any atom is 0.419 e. The molecule has 0 aromatic heterocycles. The van der Waals surface area contributed by atoms with E-state index in [-0.39, 0.29) is 5.56 Å². The van der Waals surface area contributed by atoms with Gasteiger partial charge >= 0.3 is 6.18 Å². The topological polar surface area (TPSA) is 0 Å². The first kappa shape index (κ1) is 15.1. The second-order valence-corrected chi connectivity index (χ2v) is 5.02. The van der Waals surface area contributed by atoms with Gasteiger partial charge in [0, 0.05) is 5.02 Å². The molecule has 0 aliphatic heterocycles. The average molecular weight is 323 g/mol. The minimum absolute atomic E-state index is 0.169. The molecule has 2 rings (SSSR count). The maximum absolute atomic E-state index is 13.2. The molecule has 2 aromatic carbocycles. The lowest BCUT2D eigenvalue weighted by Crippen LogP contribution is -2.09. The highest BCUT2D eigenvalue weighted by Gasteiger charge is 2.34. The molecule has 20 heavy (non-hydrogen) atoms. The van der Waals surface area contributed by atoms with Crippen molar-refractivity contribution < 1.29 is 17.6 Å². The minimum atomic E-state index is -4.75. The van der Waals surface area contributed by atoms with Crippen LogP contribution in [0.15, 0.2) is 42.5 Å². The van der Waals surface area contributed by atoms with E-state index in [1.165, 1.54) is 6.07 Å². The van der Waals surface area contributed by atoms with Crippen LogP contribution in [-0.4, -0.2) is 0 Å². The Balaban J connectivity index is 2.40. The molecule has 0 amide bonds. The molecule has 0 N–H and O–H groups in total. The third-order valence-corrected chi connectivity index (χ3v) is 3.51. The first-order valence-electron chi connectivity index (χ1n) is 5.55. The van der Waals surface area contributed by atoms with Crippen LogP contribution >= 0.6 is 23.2 Å². The van der Waals surface area contributed by atoms with Crippen molar-refractivity contribution in [3.8, 4) is 0 Å². The summed E-state index contributed by atoms with van der Waals surface area (Å²) in [7, 11) is 0. The Bertz CT molecular complexity index is 606. The summed E-state index contributed by atoms with van der Waals surface area (Å²) < 4.78 is 51.1. The quantitative estimate of drug-likeness (QED) is 0.482. The van der Waals surface area contributed by atoms with Crippen molar-refractivity contribution in [1.82, 2.24) is 0 Å². The third kappa shape index (κ3) is 3.25. The first-order chi connectivity index (χ1) is 9.29. The SMILES string of the molecule is Fc1ccc(C(Cl)c2ccc(Cl)cc2)cc1C(F)(F)F. The summed E-state index contributed by atoms with van der Waals surface area (Å²) in [5, 5.41) is -0.318. The van der Waals surface area contributed by atoms with E-state index < -0.39 is 22.9 Å². The summed E-state index contributed by atoms with van der Waals surface area (Å²) in [6, 6.07) is 9.11. The molecule has 1 unspecified atom stereocenters. The second-order valence-electron chi connectivity index (χ2n) is 4.15. The van der Waals surface area contributed by atoms with Crippen molar-refractivity contribution in [3.63, 3.8) is 0 Å². The fourth-order valence-electron chi connectivity index (χ4n) is 1.74. The highest BCUT2D eigenvalue weighted by Crippen LogP contribution is 2.36. The van der Waals surface area contributed by atoms with Crippen LogP contribution in [0.25, 0.3) is 0 Å². The smallest absolute Gasteiger partial charge is 0.206 e. The van der Waals surface area contributed by atoms with Crippen molar-refractivity contribution in [2.45, 2.75) is 11.6 Å². The van der Waals surface area contributed by atoms with Gasteiger partial charge < -0.3 is 0 Å². The Labute approximate surface area is 122 Å². The maximum atomic E-state index is 13.2. The molecule has 0 aliphatic carbocycles. The van der Waals surface area contributed by atoms with E-state index in [1.54, 1.807) is 24.3 Å². The lowest BCUT2D eigenvalue weighted by atomic mass is 10.0. The molecular formula is C14H8Cl2F4. The molecule has 0 bridgehead atoms. The van der Waals surface area contributed by atoms with E-state index in [2.05, 4.69) is 0 Å². The summed E-state index contributed by atoms with van der Waals surface area (Å²) in [6.45, 7) is 0. The largest absolute Gasteiger partial charge is 0.419 e. The zero-order valence-electron chi connectivity index (χ0n) is 9.89. The van der Waals surface area contributed by atoms with Gasteiger partial charge in [-0.25, -0.2) is 4.39 Å². The molecule has 106 valence electrons. The van der Waals surface area contributed by atoms with Crippen molar-refractivity contribution >= 4 is 23.2 Å². The van der Waals surface area contributed by atoms with Gasteiger partial charge in [-0.1, -0.05) is 29.8 Å². The van der Waals surface area contributed by atoms with Crippen LogP contribution in [0.3, 0.4) is 0 Å². The fourth-order valence-corrected chi connectivity index (χ4v) is 2.15. The van der Waals surface area contributed by atoms with Gasteiger partial charge in [0.05, 0.1) is 10.9 Å². The molecule has 0 heterocycles. The van der Waals surface area contributed by atoms with Crippen molar-refractivity contribution in [1.29, 1.82) is 0 Å². The standard InChI is InChI=1S/C14H8Cl2F4/c15-10-4-1-8(2-5-10)13(16)9-3-6-12(17)11(7-9)14(18,19)20/h1-7,13H. The number of hydrogen-bond donors (Lipinski definition) is 0. The van der Waals surface area contributed by atoms with Gasteiger partial charge in [0.2, 0.25) is 0 Å². The molecule has 0 fully saturated rings. The normalized spacial score (nSPS) is 13.3. The van der Waals surface area contributed by atoms with Crippen LogP contribution in [0, 0.1) is 5.82 Å². The molecule has 0 aliphatic rings. The minimum Gasteiger partial charge on any atom is -0.206 e. The van der Waals surface area contributed by atoms with Gasteiger partial charge in [0.25, 0.3) is 0 Å². The number of hydrogen-bond acceptors (Lipinski definition) is 0. The molecule has 0 saturated heterocycles. The third-order valence-electron chi connectivity index (χ3n) is 2.75. The Morgan fingerprint density at radius 2 is 1.45 bits per heavy atom. The number of rotatable bonds is 2. The number of halogens is 6. The molecule has 1 atom stereocenters. The van der Waals surface area contributed by atoms with Crippen LogP contribution in [0.4, 0.5) is 17.6 Å². The van der Waals surface area contributed by atoms with E-state index in [9.17, 15) is 17.6 Å². The van der Waals surface area contributed by atoms with Crippen molar-refractivity contribution in [2.24, 2.45) is 0 Å². The predicted molar refractivity (Wildman–Crippen MR) is 70.6 cm³/mol. The van der Waals surface area contributed by atoms with Crippen LogP contribution in [0.1, 0.15) is 22.1 Å².